The van der Waals surface area contributed by atoms with Gasteiger partial charge in [0.2, 0.25) is 0 Å². The van der Waals surface area contributed by atoms with Gasteiger partial charge in [0.15, 0.2) is 5.79 Å². The quantitative estimate of drug-likeness (QED) is 0.565. The Morgan fingerprint density at radius 2 is 2.31 bits per heavy atom. The van der Waals surface area contributed by atoms with Gasteiger partial charge in [-0.05, 0) is 13.3 Å². The van der Waals surface area contributed by atoms with Gasteiger partial charge in [-0.2, -0.15) is 0 Å². The van der Waals surface area contributed by atoms with Crippen molar-refractivity contribution < 1.29 is 19.0 Å². The number of carbonyl (C=O) groups is 1. The molecule has 2 fully saturated rings. The van der Waals surface area contributed by atoms with Crippen molar-refractivity contribution in [1.29, 1.82) is 0 Å². The summed E-state index contributed by atoms with van der Waals surface area (Å²) >= 11 is 0. The first kappa shape index (κ1) is 8.97. The molecule has 2 aliphatic heterocycles. The topological polar surface area (TPSA) is 44.8 Å². The van der Waals surface area contributed by atoms with Gasteiger partial charge < -0.3 is 14.2 Å². The van der Waals surface area contributed by atoms with E-state index in [0.29, 0.717) is 13.2 Å². The lowest BCUT2D eigenvalue weighted by molar-refractivity contribution is -0.181. The van der Waals surface area contributed by atoms with E-state index in [2.05, 4.69) is 0 Å². The molecular weight excluding hydrogens is 172 g/mol. The Morgan fingerprint density at radius 1 is 1.54 bits per heavy atom. The van der Waals surface area contributed by atoms with Crippen molar-refractivity contribution in [3.63, 3.8) is 0 Å². The van der Waals surface area contributed by atoms with Crippen LogP contribution in [0.2, 0.25) is 0 Å². The summed E-state index contributed by atoms with van der Waals surface area (Å²) in [6.45, 7) is 4.49. The normalized spacial score (nSPS) is 43.2. The fourth-order valence-electron chi connectivity index (χ4n) is 2.12. The third-order valence-corrected chi connectivity index (χ3v) is 2.79. The summed E-state index contributed by atoms with van der Waals surface area (Å²) in [5.41, 5.74) is 0. The van der Waals surface area contributed by atoms with Crippen molar-refractivity contribution in [2.45, 2.75) is 32.2 Å². The van der Waals surface area contributed by atoms with Crippen LogP contribution >= 0.6 is 0 Å². The molecule has 2 heterocycles. The van der Waals surface area contributed by atoms with Gasteiger partial charge in [-0.25, -0.2) is 0 Å². The van der Waals surface area contributed by atoms with Crippen LogP contribution in [-0.2, 0) is 19.0 Å². The van der Waals surface area contributed by atoms with Crippen LogP contribution in [0.15, 0.2) is 0 Å². The first-order chi connectivity index (χ1) is 6.12. The fraction of sp³-hybridized carbons (Fsp3) is 0.889. The van der Waals surface area contributed by atoms with Crippen LogP contribution in [-0.4, -0.2) is 31.1 Å². The molecule has 0 amide bonds. The summed E-state index contributed by atoms with van der Waals surface area (Å²) in [5.74, 6) is -0.554. The second-order valence-electron chi connectivity index (χ2n) is 3.72. The average Bonchev–Trinajstić information content (AvgIpc) is 2.50. The number of esters is 1. The Kier molecular flexibility index (Phi) is 2.04. The van der Waals surface area contributed by atoms with Gasteiger partial charge in [-0.15, -0.1) is 0 Å². The summed E-state index contributed by atoms with van der Waals surface area (Å²) in [6.07, 6.45) is 0.791. The first-order valence-electron chi connectivity index (χ1n) is 4.57. The minimum Gasteiger partial charge on any atom is -0.460 e. The smallest absolute Gasteiger partial charge is 0.302 e. The molecule has 0 unspecified atom stereocenters. The van der Waals surface area contributed by atoms with Crippen molar-refractivity contribution in [3.05, 3.63) is 0 Å². The van der Waals surface area contributed by atoms with Gasteiger partial charge in [-0.3, -0.25) is 4.79 Å². The molecule has 0 radical (unpaired) electrons. The Bertz CT molecular complexity index is 228. The second kappa shape index (κ2) is 2.96. The van der Waals surface area contributed by atoms with Crippen LogP contribution in [0.25, 0.3) is 0 Å². The van der Waals surface area contributed by atoms with E-state index >= 15 is 0 Å². The monoisotopic (exact) mass is 186 g/mol. The first-order valence-corrected chi connectivity index (χ1v) is 4.57. The van der Waals surface area contributed by atoms with Gasteiger partial charge in [0.1, 0.15) is 6.10 Å². The Balaban J connectivity index is 2.05. The molecule has 0 spiro atoms. The molecule has 2 aliphatic rings. The van der Waals surface area contributed by atoms with Crippen LogP contribution in [0.4, 0.5) is 0 Å². The predicted octanol–water partition coefficient (Wildman–Crippen LogP) is 0.701. The van der Waals surface area contributed by atoms with E-state index in [0.717, 1.165) is 6.42 Å². The lowest BCUT2D eigenvalue weighted by Gasteiger charge is -2.22. The van der Waals surface area contributed by atoms with E-state index in [9.17, 15) is 4.79 Å². The third-order valence-electron chi connectivity index (χ3n) is 2.79. The van der Waals surface area contributed by atoms with Crippen molar-refractivity contribution in [3.8, 4) is 0 Å². The molecule has 0 aromatic rings. The number of ether oxygens (including phenoxy) is 3. The standard InChI is InChI=1S/C9H14O4/c1-6(10)13-8-5-12-9(2)7(8)3-4-11-9/h7-8H,3-5H2,1-2H3/t7-,8-,9+/m0/s1. The highest BCUT2D eigenvalue weighted by Crippen LogP contribution is 2.41. The molecule has 0 aliphatic carbocycles. The molecule has 13 heavy (non-hydrogen) atoms. The molecule has 0 bridgehead atoms. The molecule has 3 atom stereocenters. The van der Waals surface area contributed by atoms with Crippen molar-refractivity contribution in [2.24, 2.45) is 5.92 Å². The Morgan fingerprint density at radius 3 is 3.00 bits per heavy atom. The molecule has 74 valence electrons. The van der Waals surface area contributed by atoms with Crippen molar-refractivity contribution in [2.75, 3.05) is 13.2 Å². The van der Waals surface area contributed by atoms with Crippen LogP contribution in [0.1, 0.15) is 20.3 Å². The number of rotatable bonds is 1. The zero-order valence-electron chi connectivity index (χ0n) is 7.91. The minimum absolute atomic E-state index is 0.120. The summed E-state index contributed by atoms with van der Waals surface area (Å²) in [5, 5.41) is 0. The highest BCUT2D eigenvalue weighted by atomic mass is 16.7. The van der Waals surface area contributed by atoms with E-state index in [4.69, 9.17) is 14.2 Å². The van der Waals surface area contributed by atoms with E-state index < -0.39 is 5.79 Å². The van der Waals surface area contributed by atoms with Crippen LogP contribution in [0.5, 0.6) is 0 Å². The maximum atomic E-state index is 10.8. The molecular formula is C9H14O4. The second-order valence-corrected chi connectivity index (χ2v) is 3.72. The van der Waals surface area contributed by atoms with Crippen LogP contribution < -0.4 is 0 Å². The number of hydrogen-bond acceptors (Lipinski definition) is 4. The van der Waals surface area contributed by atoms with Crippen molar-refractivity contribution >= 4 is 5.97 Å². The maximum absolute atomic E-state index is 10.8. The maximum Gasteiger partial charge on any atom is 0.302 e. The zero-order valence-corrected chi connectivity index (χ0v) is 7.91. The number of fused-ring (bicyclic) bond motifs is 1. The molecule has 0 N–H and O–H groups in total. The highest BCUT2D eigenvalue weighted by Gasteiger charge is 2.52. The van der Waals surface area contributed by atoms with Crippen LogP contribution in [0, 0.1) is 5.92 Å². The molecule has 0 aromatic heterocycles. The molecule has 0 saturated carbocycles. The van der Waals surface area contributed by atoms with Crippen LogP contribution in [0.3, 0.4) is 0 Å². The molecule has 4 heteroatoms. The van der Waals surface area contributed by atoms with Crippen molar-refractivity contribution in [1.82, 2.24) is 0 Å². The lowest BCUT2D eigenvalue weighted by Crippen LogP contribution is -2.32. The summed E-state index contributed by atoms with van der Waals surface area (Å²) < 4.78 is 16.1. The largest absolute Gasteiger partial charge is 0.460 e. The lowest BCUT2D eigenvalue weighted by atomic mass is 9.96. The van der Waals surface area contributed by atoms with E-state index in [1.165, 1.54) is 6.92 Å². The van der Waals surface area contributed by atoms with Gasteiger partial charge in [0.25, 0.3) is 0 Å². The summed E-state index contributed by atoms with van der Waals surface area (Å²) in [6, 6.07) is 0. The molecule has 2 rings (SSSR count). The highest BCUT2D eigenvalue weighted by molar-refractivity contribution is 5.66. The molecule has 0 aromatic carbocycles. The number of carbonyl (C=O) groups excluding carboxylic acids is 1. The summed E-state index contributed by atoms with van der Waals surface area (Å²) in [4.78, 5) is 10.8. The zero-order chi connectivity index (χ0) is 9.47. The minimum atomic E-state index is -0.514. The van der Waals surface area contributed by atoms with Gasteiger partial charge in [-0.1, -0.05) is 0 Å². The number of hydrogen-bond donors (Lipinski definition) is 0. The molecule has 4 nitrogen and oxygen atoms in total. The fourth-order valence-corrected chi connectivity index (χ4v) is 2.12. The Labute approximate surface area is 77.1 Å². The van der Waals surface area contributed by atoms with Gasteiger partial charge in [0.05, 0.1) is 19.1 Å². The van der Waals surface area contributed by atoms with E-state index in [-0.39, 0.29) is 18.0 Å². The van der Waals surface area contributed by atoms with E-state index in [1.54, 1.807) is 0 Å². The Hall–Kier alpha value is -0.610. The van der Waals surface area contributed by atoms with Gasteiger partial charge >= 0.3 is 5.97 Å². The SMILES string of the molecule is CC(=O)O[C@H]1CO[C@@]2(C)OCC[C@@H]12. The summed E-state index contributed by atoms with van der Waals surface area (Å²) in [7, 11) is 0. The average molecular weight is 186 g/mol. The van der Waals surface area contributed by atoms with E-state index in [1.807, 2.05) is 6.92 Å². The molecule has 2 saturated heterocycles. The third kappa shape index (κ3) is 1.44. The van der Waals surface area contributed by atoms with Gasteiger partial charge in [0, 0.05) is 6.92 Å². The predicted molar refractivity (Wildman–Crippen MR) is 44.0 cm³/mol.